The summed E-state index contributed by atoms with van der Waals surface area (Å²) in [6.07, 6.45) is 0. The molecule has 28 heavy (non-hydrogen) atoms. The summed E-state index contributed by atoms with van der Waals surface area (Å²) < 4.78 is 10.5. The summed E-state index contributed by atoms with van der Waals surface area (Å²) >= 11 is 1.24. The number of non-ortho nitro benzene ring substituents is 1. The smallest absolute Gasteiger partial charge is 0.270 e. The number of hydrogen-bond acceptors (Lipinski definition) is 7. The fourth-order valence-corrected chi connectivity index (χ4v) is 3.14. The van der Waals surface area contributed by atoms with E-state index in [1.54, 1.807) is 48.9 Å². The number of rotatable bonds is 8. The number of carbonyl (C=O) groups is 1. The van der Waals surface area contributed by atoms with E-state index < -0.39 is 4.92 Å². The average molecular weight is 399 g/mol. The number of nitrogens with zero attached hydrogens (tertiary/aromatic N) is 2. The van der Waals surface area contributed by atoms with Crippen molar-refractivity contribution in [1.82, 2.24) is 4.98 Å². The van der Waals surface area contributed by atoms with Crippen molar-refractivity contribution in [2.75, 3.05) is 25.6 Å². The number of carbonyl (C=O) groups excluding carboxylic acids is 1. The van der Waals surface area contributed by atoms with Gasteiger partial charge in [0, 0.05) is 30.2 Å². The minimum atomic E-state index is -0.459. The summed E-state index contributed by atoms with van der Waals surface area (Å²) in [6, 6.07) is 13.1. The molecule has 0 fully saturated rings. The number of anilines is 1. The monoisotopic (exact) mass is 399 g/mol. The molecule has 1 amide bonds. The molecule has 9 heteroatoms. The van der Waals surface area contributed by atoms with Crippen molar-refractivity contribution in [3.63, 3.8) is 0 Å². The molecule has 0 saturated heterocycles. The van der Waals surface area contributed by atoms with Gasteiger partial charge in [0.1, 0.15) is 12.4 Å². The maximum absolute atomic E-state index is 12.6. The van der Waals surface area contributed by atoms with Gasteiger partial charge in [0.05, 0.1) is 22.8 Å². The van der Waals surface area contributed by atoms with Crippen LogP contribution >= 0.6 is 11.3 Å². The van der Waals surface area contributed by atoms with Gasteiger partial charge in [0.15, 0.2) is 5.13 Å². The predicted octanol–water partition coefficient (Wildman–Crippen LogP) is 4.00. The molecule has 0 unspecified atom stereocenters. The first-order valence-corrected chi connectivity index (χ1v) is 9.19. The second kappa shape index (κ2) is 9.07. The third-order valence-corrected chi connectivity index (χ3v) is 4.51. The van der Waals surface area contributed by atoms with Crippen LogP contribution in [0.3, 0.4) is 0 Å². The van der Waals surface area contributed by atoms with Gasteiger partial charge in [-0.3, -0.25) is 20.2 Å². The number of methoxy groups -OCH3 is 1. The minimum absolute atomic E-state index is 0.0155. The molecular weight excluding hydrogens is 382 g/mol. The van der Waals surface area contributed by atoms with Crippen LogP contribution < -0.4 is 10.1 Å². The summed E-state index contributed by atoms with van der Waals surface area (Å²) in [6.45, 7) is 0.740. The Morgan fingerprint density at radius 1 is 1.21 bits per heavy atom. The lowest BCUT2D eigenvalue weighted by molar-refractivity contribution is -0.384. The molecular formula is C19H17N3O5S. The van der Waals surface area contributed by atoms with Gasteiger partial charge in [0.25, 0.3) is 11.6 Å². The summed E-state index contributed by atoms with van der Waals surface area (Å²) in [5, 5.41) is 15.8. The van der Waals surface area contributed by atoms with Gasteiger partial charge in [-0.15, -0.1) is 11.3 Å². The number of nitro groups is 1. The Labute approximate surface area is 164 Å². The van der Waals surface area contributed by atoms with E-state index >= 15 is 0 Å². The summed E-state index contributed by atoms with van der Waals surface area (Å²) in [5.74, 6) is 0.0977. The molecule has 0 atom stereocenters. The average Bonchev–Trinajstić information content (AvgIpc) is 3.17. The van der Waals surface area contributed by atoms with Crippen molar-refractivity contribution >= 4 is 28.1 Å². The Morgan fingerprint density at radius 2 is 2.04 bits per heavy atom. The molecule has 0 aliphatic carbocycles. The zero-order valence-electron chi connectivity index (χ0n) is 15.0. The lowest BCUT2D eigenvalue weighted by Gasteiger charge is -2.10. The van der Waals surface area contributed by atoms with Gasteiger partial charge in [-0.05, 0) is 12.1 Å². The maximum Gasteiger partial charge on any atom is 0.270 e. The fraction of sp³-hybridized carbons (Fsp3) is 0.158. The zero-order valence-corrected chi connectivity index (χ0v) is 15.8. The third-order valence-electron chi connectivity index (χ3n) is 3.75. The summed E-state index contributed by atoms with van der Waals surface area (Å²) in [4.78, 5) is 27.4. The van der Waals surface area contributed by atoms with Crippen LogP contribution in [0.25, 0.3) is 11.3 Å². The van der Waals surface area contributed by atoms with Crippen molar-refractivity contribution in [3.8, 4) is 17.0 Å². The van der Waals surface area contributed by atoms with Gasteiger partial charge in [0.2, 0.25) is 0 Å². The van der Waals surface area contributed by atoms with Crippen LogP contribution in [0.1, 0.15) is 10.4 Å². The van der Waals surface area contributed by atoms with E-state index in [1.807, 2.05) is 0 Å². The van der Waals surface area contributed by atoms with Gasteiger partial charge in [-0.1, -0.05) is 24.3 Å². The van der Waals surface area contributed by atoms with Gasteiger partial charge >= 0.3 is 0 Å². The maximum atomic E-state index is 12.6. The molecule has 0 aliphatic rings. The van der Waals surface area contributed by atoms with Crippen LogP contribution in [0.4, 0.5) is 10.8 Å². The lowest BCUT2D eigenvalue weighted by Crippen LogP contribution is -2.14. The molecule has 0 saturated carbocycles. The molecule has 3 aromatic rings. The quantitative estimate of drug-likeness (QED) is 0.349. The van der Waals surface area contributed by atoms with Gasteiger partial charge < -0.3 is 9.47 Å². The van der Waals surface area contributed by atoms with Crippen LogP contribution in [-0.2, 0) is 4.74 Å². The SMILES string of the molecule is COCCOc1ccccc1C(=O)Nc1nc(-c2cccc([N+](=O)[O-])c2)cs1. The third kappa shape index (κ3) is 4.70. The molecule has 1 heterocycles. The largest absolute Gasteiger partial charge is 0.490 e. The second-order valence-corrected chi connectivity index (χ2v) is 6.49. The number of aromatic nitrogens is 1. The van der Waals surface area contributed by atoms with Crippen LogP contribution in [0.2, 0.25) is 0 Å². The highest BCUT2D eigenvalue weighted by atomic mass is 32.1. The number of para-hydroxylation sites is 1. The Kier molecular flexibility index (Phi) is 6.30. The molecule has 0 bridgehead atoms. The van der Waals surface area contributed by atoms with Crippen LogP contribution in [-0.4, -0.2) is 36.1 Å². The number of nitro benzene ring substituents is 1. The molecule has 0 radical (unpaired) electrons. The summed E-state index contributed by atoms with van der Waals surface area (Å²) in [5.41, 5.74) is 1.52. The molecule has 144 valence electrons. The highest BCUT2D eigenvalue weighted by molar-refractivity contribution is 7.14. The second-order valence-electron chi connectivity index (χ2n) is 5.64. The normalized spacial score (nSPS) is 10.5. The van der Waals surface area contributed by atoms with E-state index in [2.05, 4.69) is 10.3 Å². The van der Waals surface area contributed by atoms with Gasteiger partial charge in [-0.2, -0.15) is 0 Å². The highest BCUT2D eigenvalue weighted by Crippen LogP contribution is 2.28. The fourth-order valence-electron chi connectivity index (χ4n) is 2.42. The molecule has 0 spiro atoms. The number of amides is 1. The molecule has 1 N–H and O–H groups in total. The van der Waals surface area contributed by atoms with E-state index in [-0.39, 0.29) is 11.6 Å². The Balaban J connectivity index is 1.74. The molecule has 3 rings (SSSR count). The van der Waals surface area contributed by atoms with E-state index in [9.17, 15) is 14.9 Å². The highest BCUT2D eigenvalue weighted by Gasteiger charge is 2.15. The topological polar surface area (TPSA) is 104 Å². The molecule has 1 aromatic heterocycles. The first-order valence-electron chi connectivity index (χ1n) is 8.31. The van der Waals surface area contributed by atoms with E-state index in [4.69, 9.17) is 9.47 Å². The zero-order chi connectivity index (χ0) is 19.9. The lowest BCUT2D eigenvalue weighted by atomic mass is 10.1. The van der Waals surface area contributed by atoms with Crippen LogP contribution in [0.15, 0.2) is 53.9 Å². The molecule has 8 nitrogen and oxygen atoms in total. The Morgan fingerprint density at radius 3 is 2.82 bits per heavy atom. The van der Waals surface area contributed by atoms with Crippen molar-refractivity contribution in [1.29, 1.82) is 0 Å². The predicted molar refractivity (Wildman–Crippen MR) is 106 cm³/mol. The van der Waals surface area contributed by atoms with Crippen molar-refractivity contribution in [2.45, 2.75) is 0 Å². The van der Waals surface area contributed by atoms with E-state index in [0.717, 1.165) is 0 Å². The Bertz CT molecular complexity index is 989. The molecule has 2 aromatic carbocycles. The standard InChI is InChI=1S/C19H17N3O5S/c1-26-9-10-27-17-8-3-2-7-15(17)18(23)21-19-20-16(12-28-19)13-5-4-6-14(11-13)22(24)25/h2-8,11-12H,9-10H2,1H3,(H,20,21,23). The first kappa shape index (κ1) is 19.5. The molecule has 0 aliphatic heterocycles. The van der Waals surface area contributed by atoms with E-state index in [1.165, 1.54) is 23.5 Å². The van der Waals surface area contributed by atoms with Gasteiger partial charge in [-0.25, -0.2) is 4.98 Å². The van der Waals surface area contributed by atoms with Crippen LogP contribution in [0.5, 0.6) is 5.75 Å². The first-order chi connectivity index (χ1) is 13.6. The number of nitrogens with one attached hydrogen (secondary N) is 1. The van der Waals surface area contributed by atoms with Crippen molar-refractivity contribution in [3.05, 3.63) is 69.6 Å². The summed E-state index contributed by atoms with van der Waals surface area (Å²) in [7, 11) is 1.57. The number of benzene rings is 2. The van der Waals surface area contributed by atoms with Crippen LogP contribution in [0, 0.1) is 10.1 Å². The number of ether oxygens (including phenoxy) is 2. The van der Waals surface area contributed by atoms with Crippen molar-refractivity contribution in [2.24, 2.45) is 0 Å². The minimum Gasteiger partial charge on any atom is -0.490 e. The van der Waals surface area contributed by atoms with Crippen molar-refractivity contribution < 1.29 is 19.2 Å². The van der Waals surface area contributed by atoms with E-state index in [0.29, 0.717) is 40.9 Å². The number of hydrogen-bond donors (Lipinski definition) is 1. The Hall–Kier alpha value is -3.30. The number of thiazole rings is 1.